The summed E-state index contributed by atoms with van der Waals surface area (Å²) in [6, 6.07) is 8.22. The zero-order chi connectivity index (χ0) is 23.0. The van der Waals surface area contributed by atoms with E-state index in [-0.39, 0.29) is 18.2 Å². The Morgan fingerprint density at radius 3 is 2.39 bits per heavy atom. The zero-order valence-electron chi connectivity index (χ0n) is 18.8. The van der Waals surface area contributed by atoms with Crippen LogP contribution in [0.5, 0.6) is 0 Å². The Morgan fingerprint density at radius 2 is 1.81 bits per heavy atom. The van der Waals surface area contributed by atoms with Gasteiger partial charge in [-0.3, -0.25) is 9.59 Å². The summed E-state index contributed by atoms with van der Waals surface area (Å²) in [6.07, 6.45) is 0.870. The lowest BCUT2D eigenvalue weighted by Crippen LogP contribution is -2.56. The van der Waals surface area contributed by atoms with Crippen molar-refractivity contribution in [2.24, 2.45) is 0 Å². The van der Waals surface area contributed by atoms with E-state index in [1.807, 2.05) is 13.0 Å². The average molecular weight is 429 g/mol. The van der Waals surface area contributed by atoms with E-state index >= 15 is 0 Å². The van der Waals surface area contributed by atoms with Crippen molar-refractivity contribution in [2.75, 3.05) is 26.2 Å². The number of nitrogens with one attached hydrogen (secondary N) is 1. The van der Waals surface area contributed by atoms with E-state index in [0.29, 0.717) is 38.2 Å². The molecule has 0 radical (unpaired) electrons. The van der Waals surface area contributed by atoms with Crippen molar-refractivity contribution in [3.05, 3.63) is 35.4 Å². The van der Waals surface area contributed by atoms with Gasteiger partial charge >= 0.3 is 6.09 Å². The Hall–Kier alpha value is -3.08. The SMILES string of the molecule is CCCC(=O)N1CCN(C(=O)[C@H](Cc2cccc(C#N)c2)NC(=O)OC(C)(C)C)CC1. The third-order valence-electron chi connectivity index (χ3n) is 4.89. The number of rotatable bonds is 6. The van der Waals surface area contributed by atoms with Crippen molar-refractivity contribution >= 4 is 17.9 Å². The van der Waals surface area contributed by atoms with E-state index in [1.54, 1.807) is 48.8 Å². The second-order valence-electron chi connectivity index (χ2n) is 8.67. The molecule has 0 spiro atoms. The molecule has 168 valence electrons. The number of nitrogens with zero attached hydrogens (tertiary/aromatic N) is 3. The number of carbonyl (C=O) groups is 3. The van der Waals surface area contributed by atoms with Gasteiger partial charge in [-0.05, 0) is 44.9 Å². The maximum absolute atomic E-state index is 13.2. The molecule has 1 aromatic rings. The van der Waals surface area contributed by atoms with Crippen molar-refractivity contribution in [2.45, 2.75) is 58.6 Å². The molecular weight excluding hydrogens is 396 g/mol. The molecule has 0 aliphatic carbocycles. The third kappa shape index (κ3) is 7.59. The number of ether oxygens (including phenoxy) is 1. The van der Waals surface area contributed by atoms with Gasteiger partial charge in [0.25, 0.3) is 0 Å². The smallest absolute Gasteiger partial charge is 0.408 e. The summed E-state index contributed by atoms with van der Waals surface area (Å²) < 4.78 is 5.34. The molecule has 1 aliphatic rings. The molecular formula is C23H32N4O4. The molecule has 1 aliphatic heterocycles. The largest absolute Gasteiger partial charge is 0.444 e. The standard InChI is InChI=1S/C23H32N4O4/c1-5-7-20(28)26-10-12-27(13-11-26)21(29)19(25-22(30)31-23(2,3)4)15-17-8-6-9-18(14-17)16-24/h6,8-9,14,19H,5,7,10-13,15H2,1-4H3,(H,25,30)/t19-/m0/s1. The molecule has 0 saturated carbocycles. The van der Waals surface area contributed by atoms with E-state index in [4.69, 9.17) is 10.00 Å². The van der Waals surface area contributed by atoms with Gasteiger partial charge in [-0.15, -0.1) is 0 Å². The first-order valence-corrected chi connectivity index (χ1v) is 10.7. The quantitative estimate of drug-likeness (QED) is 0.750. The molecule has 8 heteroatoms. The summed E-state index contributed by atoms with van der Waals surface area (Å²) in [5, 5.41) is 11.8. The molecule has 0 unspecified atom stereocenters. The van der Waals surface area contributed by atoms with Gasteiger partial charge in [0.1, 0.15) is 11.6 Å². The van der Waals surface area contributed by atoms with Gasteiger partial charge in [-0.2, -0.15) is 5.26 Å². The highest BCUT2D eigenvalue weighted by Crippen LogP contribution is 2.13. The number of nitriles is 1. The van der Waals surface area contributed by atoms with E-state index in [0.717, 1.165) is 12.0 Å². The van der Waals surface area contributed by atoms with Crippen LogP contribution in [-0.2, 0) is 20.7 Å². The van der Waals surface area contributed by atoms with Gasteiger partial charge in [0, 0.05) is 39.0 Å². The molecule has 8 nitrogen and oxygen atoms in total. The highest BCUT2D eigenvalue weighted by atomic mass is 16.6. The van der Waals surface area contributed by atoms with Crippen LogP contribution >= 0.6 is 0 Å². The minimum Gasteiger partial charge on any atom is -0.444 e. The van der Waals surface area contributed by atoms with Gasteiger partial charge in [0.05, 0.1) is 11.6 Å². The van der Waals surface area contributed by atoms with Crippen LogP contribution in [0.25, 0.3) is 0 Å². The molecule has 1 fully saturated rings. The Kier molecular flexibility index (Phi) is 8.43. The first-order chi connectivity index (χ1) is 14.6. The molecule has 1 N–H and O–H groups in total. The summed E-state index contributed by atoms with van der Waals surface area (Å²) in [4.78, 5) is 41.2. The average Bonchev–Trinajstić information content (AvgIpc) is 2.72. The second kappa shape index (κ2) is 10.8. The molecule has 31 heavy (non-hydrogen) atoms. The minimum atomic E-state index is -0.832. The van der Waals surface area contributed by atoms with Gasteiger partial charge in [0.2, 0.25) is 11.8 Å². The van der Waals surface area contributed by atoms with Crippen molar-refractivity contribution in [1.82, 2.24) is 15.1 Å². The normalized spacial score (nSPS) is 15.1. The summed E-state index contributed by atoms with van der Waals surface area (Å²) in [6.45, 7) is 9.02. The molecule has 0 aromatic heterocycles. The minimum absolute atomic E-state index is 0.103. The maximum atomic E-state index is 13.2. The molecule has 1 aromatic carbocycles. The number of benzene rings is 1. The van der Waals surface area contributed by atoms with Gasteiger partial charge < -0.3 is 19.9 Å². The molecule has 0 bridgehead atoms. The molecule has 1 saturated heterocycles. The van der Waals surface area contributed by atoms with E-state index < -0.39 is 17.7 Å². The van der Waals surface area contributed by atoms with Crippen LogP contribution < -0.4 is 5.32 Å². The van der Waals surface area contributed by atoms with E-state index in [1.165, 1.54) is 0 Å². The number of carbonyl (C=O) groups excluding carboxylic acids is 3. The fraction of sp³-hybridized carbons (Fsp3) is 0.565. The first kappa shape index (κ1) is 24.2. The first-order valence-electron chi connectivity index (χ1n) is 10.7. The van der Waals surface area contributed by atoms with Crippen LogP contribution in [0.2, 0.25) is 0 Å². The van der Waals surface area contributed by atoms with E-state index in [9.17, 15) is 14.4 Å². The third-order valence-corrected chi connectivity index (χ3v) is 4.89. The second-order valence-corrected chi connectivity index (χ2v) is 8.67. The lowest BCUT2D eigenvalue weighted by Gasteiger charge is -2.36. The maximum Gasteiger partial charge on any atom is 0.408 e. The van der Waals surface area contributed by atoms with Crippen molar-refractivity contribution in [3.63, 3.8) is 0 Å². The fourth-order valence-electron chi connectivity index (χ4n) is 3.42. The Morgan fingerprint density at radius 1 is 1.16 bits per heavy atom. The van der Waals surface area contributed by atoms with E-state index in [2.05, 4.69) is 11.4 Å². The topological polar surface area (TPSA) is 103 Å². The van der Waals surface area contributed by atoms with Crippen molar-refractivity contribution < 1.29 is 19.1 Å². The molecule has 3 amide bonds. The van der Waals surface area contributed by atoms with Crippen LogP contribution in [0.1, 0.15) is 51.7 Å². The molecule has 2 rings (SSSR count). The lowest BCUT2D eigenvalue weighted by atomic mass is 10.0. The highest BCUT2D eigenvalue weighted by Gasteiger charge is 2.31. The van der Waals surface area contributed by atoms with Gasteiger partial charge in [-0.25, -0.2) is 4.79 Å². The number of hydrogen-bond donors (Lipinski definition) is 1. The summed E-state index contributed by atoms with van der Waals surface area (Å²) >= 11 is 0. The summed E-state index contributed by atoms with van der Waals surface area (Å²) in [5.41, 5.74) is 0.568. The predicted octanol–water partition coefficient (Wildman–Crippen LogP) is 2.46. The number of alkyl carbamates (subject to hydrolysis) is 1. The zero-order valence-corrected chi connectivity index (χ0v) is 18.8. The monoisotopic (exact) mass is 428 g/mol. The van der Waals surface area contributed by atoms with Crippen LogP contribution in [0.3, 0.4) is 0 Å². The number of piperazine rings is 1. The molecule has 1 atom stereocenters. The molecule has 1 heterocycles. The van der Waals surface area contributed by atoms with Crippen molar-refractivity contribution in [1.29, 1.82) is 5.26 Å². The Balaban J connectivity index is 2.11. The number of amides is 3. The predicted molar refractivity (Wildman–Crippen MR) is 116 cm³/mol. The summed E-state index contributed by atoms with van der Waals surface area (Å²) in [7, 11) is 0. The van der Waals surface area contributed by atoms with Crippen LogP contribution in [0, 0.1) is 11.3 Å². The lowest BCUT2D eigenvalue weighted by molar-refractivity contribution is -0.140. The highest BCUT2D eigenvalue weighted by molar-refractivity contribution is 5.86. The van der Waals surface area contributed by atoms with Gasteiger partial charge in [0.15, 0.2) is 0 Å². The van der Waals surface area contributed by atoms with Crippen LogP contribution in [0.4, 0.5) is 4.79 Å². The van der Waals surface area contributed by atoms with Crippen LogP contribution in [0.15, 0.2) is 24.3 Å². The summed E-state index contributed by atoms with van der Waals surface area (Å²) in [5.74, 6) is -0.123. The fourth-order valence-corrected chi connectivity index (χ4v) is 3.42. The van der Waals surface area contributed by atoms with Gasteiger partial charge in [-0.1, -0.05) is 19.1 Å². The Bertz CT molecular complexity index is 833. The van der Waals surface area contributed by atoms with Crippen LogP contribution in [-0.4, -0.2) is 65.5 Å². The van der Waals surface area contributed by atoms with Crippen molar-refractivity contribution in [3.8, 4) is 6.07 Å². The number of hydrogen-bond acceptors (Lipinski definition) is 5. The Labute approximate surface area is 184 Å².